The van der Waals surface area contributed by atoms with E-state index in [-0.39, 0.29) is 6.10 Å². The third-order valence-electron chi connectivity index (χ3n) is 3.13. The van der Waals surface area contributed by atoms with E-state index in [1.165, 1.54) is 0 Å². The third kappa shape index (κ3) is 1.69. The minimum Gasteiger partial charge on any atom is -0.411 e. The predicted octanol–water partition coefficient (Wildman–Crippen LogP) is 0.436. The van der Waals surface area contributed by atoms with Crippen LogP contribution in [0.1, 0.15) is 25.7 Å². The Bertz CT molecular complexity index is 218. The van der Waals surface area contributed by atoms with Crippen molar-refractivity contribution in [3.05, 3.63) is 0 Å². The third-order valence-corrected chi connectivity index (χ3v) is 3.13. The SMILES string of the molecule is O/N=C1/CCN(C2CCCC2O)C1. The molecule has 0 aromatic carbocycles. The van der Waals surface area contributed by atoms with Gasteiger partial charge in [0.1, 0.15) is 0 Å². The van der Waals surface area contributed by atoms with Crippen molar-refractivity contribution in [1.82, 2.24) is 4.90 Å². The van der Waals surface area contributed by atoms with Gasteiger partial charge in [-0.15, -0.1) is 0 Å². The molecule has 2 atom stereocenters. The zero-order valence-electron chi connectivity index (χ0n) is 7.69. The molecule has 1 aliphatic carbocycles. The van der Waals surface area contributed by atoms with Crippen LogP contribution in [0.15, 0.2) is 5.16 Å². The molecule has 0 aromatic rings. The molecule has 1 saturated heterocycles. The quantitative estimate of drug-likeness (QED) is 0.459. The lowest BCUT2D eigenvalue weighted by Gasteiger charge is -2.25. The lowest BCUT2D eigenvalue weighted by molar-refractivity contribution is 0.0876. The van der Waals surface area contributed by atoms with Gasteiger partial charge in [0.05, 0.1) is 11.8 Å². The molecule has 1 aliphatic heterocycles. The van der Waals surface area contributed by atoms with E-state index >= 15 is 0 Å². The Morgan fingerprint density at radius 3 is 2.77 bits per heavy atom. The highest BCUT2D eigenvalue weighted by Crippen LogP contribution is 2.26. The standard InChI is InChI=1S/C9H16N2O2/c12-9-3-1-2-8(9)11-5-4-7(6-11)10-13/h8-9,12-13H,1-6H2/b10-7-. The number of aliphatic hydroxyl groups excluding tert-OH is 1. The van der Waals surface area contributed by atoms with Gasteiger partial charge in [-0.2, -0.15) is 0 Å². The van der Waals surface area contributed by atoms with Crippen molar-refractivity contribution in [3.63, 3.8) is 0 Å². The van der Waals surface area contributed by atoms with Crippen LogP contribution in [0.5, 0.6) is 0 Å². The van der Waals surface area contributed by atoms with Crippen LogP contribution in [0.3, 0.4) is 0 Å². The summed E-state index contributed by atoms with van der Waals surface area (Å²) in [5.74, 6) is 0. The van der Waals surface area contributed by atoms with Crippen molar-refractivity contribution in [2.45, 2.75) is 37.8 Å². The largest absolute Gasteiger partial charge is 0.411 e. The fraction of sp³-hybridized carbons (Fsp3) is 0.889. The summed E-state index contributed by atoms with van der Waals surface area (Å²) in [5, 5.41) is 21.5. The molecule has 74 valence electrons. The van der Waals surface area contributed by atoms with Crippen LogP contribution in [-0.4, -0.2) is 46.2 Å². The Labute approximate surface area is 77.8 Å². The molecule has 2 rings (SSSR count). The van der Waals surface area contributed by atoms with Gasteiger partial charge in [-0.05, 0) is 19.3 Å². The Balaban J connectivity index is 1.95. The normalized spacial score (nSPS) is 39.0. The molecule has 2 unspecified atom stereocenters. The second-order valence-corrected chi connectivity index (χ2v) is 3.95. The summed E-state index contributed by atoms with van der Waals surface area (Å²) < 4.78 is 0. The fourth-order valence-electron chi connectivity index (χ4n) is 2.38. The maximum absolute atomic E-state index is 9.66. The van der Waals surface area contributed by atoms with Crippen LogP contribution in [0.4, 0.5) is 0 Å². The van der Waals surface area contributed by atoms with Gasteiger partial charge in [0.15, 0.2) is 0 Å². The second-order valence-electron chi connectivity index (χ2n) is 3.95. The average molecular weight is 184 g/mol. The smallest absolute Gasteiger partial charge is 0.0723 e. The van der Waals surface area contributed by atoms with Crippen LogP contribution >= 0.6 is 0 Å². The minimum absolute atomic E-state index is 0.168. The van der Waals surface area contributed by atoms with Gasteiger partial charge in [-0.3, -0.25) is 4.90 Å². The summed E-state index contributed by atoms with van der Waals surface area (Å²) in [7, 11) is 0. The number of hydrogen-bond acceptors (Lipinski definition) is 4. The van der Waals surface area contributed by atoms with Crippen molar-refractivity contribution in [2.75, 3.05) is 13.1 Å². The molecule has 0 amide bonds. The number of likely N-dealkylation sites (tertiary alicyclic amines) is 1. The molecule has 4 nitrogen and oxygen atoms in total. The fourth-order valence-corrected chi connectivity index (χ4v) is 2.38. The summed E-state index contributed by atoms with van der Waals surface area (Å²) >= 11 is 0. The topological polar surface area (TPSA) is 56.1 Å². The van der Waals surface area contributed by atoms with E-state index in [4.69, 9.17) is 5.21 Å². The van der Waals surface area contributed by atoms with Crippen molar-refractivity contribution < 1.29 is 10.3 Å². The molecular formula is C9H16N2O2. The van der Waals surface area contributed by atoms with E-state index in [0.29, 0.717) is 6.04 Å². The molecule has 0 radical (unpaired) electrons. The Hall–Kier alpha value is -0.610. The van der Waals surface area contributed by atoms with Crippen LogP contribution in [0, 0.1) is 0 Å². The van der Waals surface area contributed by atoms with Gasteiger partial charge in [-0.25, -0.2) is 0 Å². The molecule has 1 saturated carbocycles. The number of hydrogen-bond donors (Lipinski definition) is 2. The van der Waals surface area contributed by atoms with E-state index in [0.717, 1.165) is 44.5 Å². The molecule has 13 heavy (non-hydrogen) atoms. The van der Waals surface area contributed by atoms with Gasteiger partial charge < -0.3 is 10.3 Å². The monoisotopic (exact) mass is 184 g/mol. The second kappa shape index (κ2) is 3.64. The van der Waals surface area contributed by atoms with E-state index in [2.05, 4.69) is 10.1 Å². The first-order valence-corrected chi connectivity index (χ1v) is 4.93. The zero-order valence-corrected chi connectivity index (χ0v) is 7.69. The molecule has 1 heterocycles. The Morgan fingerprint density at radius 1 is 1.38 bits per heavy atom. The molecule has 2 aliphatic rings. The average Bonchev–Trinajstić information content (AvgIpc) is 2.71. The lowest BCUT2D eigenvalue weighted by atomic mass is 10.2. The van der Waals surface area contributed by atoms with Gasteiger partial charge in [-0.1, -0.05) is 5.16 Å². The Kier molecular flexibility index (Phi) is 2.51. The van der Waals surface area contributed by atoms with Gasteiger partial charge in [0.25, 0.3) is 0 Å². The maximum Gasteiger partial charge on any atom is 0.0723 e. The predicted molar refractivity (Wildman–Crippen MR) is 49.1 cm³/mol. The molecule has 4 heteroatoms. The van der Waals surface area contributed by atoms with Crippen LogP contribution in [0.25, 0.3) is 0 Å². The van der Waals surface area contributed by atoms with Gasteiger partial charge in [0, 0.05) is 25.6 Å². The molecule has 0 bridgehead atoms. The first-order valence-electron chi connectivity index (χ1n) is 4.93. The molecule has 0 spiro atoms. The summed E-state index contributed by atoms with van der Waals surface area (Å²) in [4.78, 5) is 2.23. The van der Waals surface area contributed by atoms with Gasteiger partial charge in [0.2, 0.25) is 0 Å². The van der Waals surface area contributed by atoms with Crippen molar-refractivity contribution >= 4 is 5.71 Å². The molecular weight excluding hydrogens is 168 g/mol. The number of oxime groups is 1. The van der Waals surface area contributed by atoms with Gasteiger partial charge >= 0.3 is 0 Å². The number of nitrogens with zero attached hydrogens (tertiary/aromatic N) is 2. The Morgan fingerprint density at radius 2 is 2.23 bits per heavy atom. The van der Waals surface area contributed by atoms with Crippen LogP contribution in [-0.2, 0) is 0 Å². The molecule has 0 aromatic heterocycles. The first kappa shape index (κ1) is 8.97. The summed E-state index contributed by atoms with van der Waals surface area (Å²) in [6, 6.07) is 0.305. The van der Waals surface area contributed by atoms with Crippen molar-refractivity contribution in [3.8, 4) is 0 Å². The summed E-state index contributed by atoms with van der Waals surface area (Å²) in [6.45, 7) is 1.67. The van der Waals surface area contributed by atoms with E-state index < -0.39 is 0 Å². The summed E-state index contributed by atoms with van der Waals surface area (Å²) in [6.07, 6.45) is 3.80. The highest BCUT2D eigenvalue weighted by Gasteiger charge is 2.33. The zero-order chi connectivity index (χ0) is 9.26. The highest BCUT2D eigenvalue weighted by molar-refractivity contribution is 5.87. The maximum atomic E-state index is 9.66. The number of aliphatic hydroxyl groups is 1. The van der Waals surface area contributed by atoms with Crippen LogP contribution in [0.2, 0.25) is 0 Å². The van der Waals surface area contributed by atoms with E-state index in [1.807, 2.05) is 0 Å². The van der Waals surface area contributed by atoms with E-state index in [9.17, 15) is 5.11 Å². The lowest BCUT2D eigenvalue weighted by Crippen LogP contribution is -2.38. The van der Waals surface area contributed by atoms with Crippen molar-refractivity contribution in [1.29, 1.82) is 0 Å². The summed E-state index contributed by atoms with van der Waals surface area (Å²) in [5.41, 5.74) is 0.846. The van der Waals surface area contributed by atoms with Crippen LogP contribution < -0.4 is 0 Å². The van der Waals surface area contributed by atoms with Crippen molar-refractivity contribution in [2.24, 2.45) is 5.16 Å². The number of rotatable bonds is 1. The minimum atomic E-state index is -0.168. The first-order chi connectivity index (χ1) is 6.31. The van der Waals surface area contributed by atoms with E-state index in [1.54, 1.807) is 0 Å². The molecule has 2 N–H and O–H groups in total. The highest BCUT2D eigenvalue weighted by atomic mass is 16.4. The molecule has 2 fully saturated rings.